The second kappa shape index (κ2) is 3.55. The van der Waals surface area contributed by atoms with Gasteiger partial charge in [-0.05, 0) is 28.1 Å². The van der Waals surface area contributed by atoms with Gasteiger partial charge in [-0.2, -0.15) is 0 Å². The topological polar surface area (TPSA) is 47.3 Å². The van der Waals surface area contributed by atoms with Crippen LogP contribution >= 0.6 is 15.9 Å². The van der Waals surface area contributed by atoms with Crippen molar-refractivity contribution in [3.8, 4) is 5.75 Å². The summed E-state index contributed by atoms with van der Waals surface area (Å²) in [5, 5.41) is 3.27. The number of benzene rings is 1. The molecule has 0 radical (unpaired) electrons. The van der Waals surface area contributed by atoms with Gasteiger partial charge >= 0.3 is 0 Å². The second-order valence-electron chi connectivity index (χ2n) is 2.97. The lowest BCUT2D eigenvalue weighted by Gasteiger charge is -2.27. The molecule has 1 aromatic carbocycles. The van der Waals surface area contributed by atoms with Crippen LogP contribution in [0, 0.1) is 0 Å². The first-order valence-electron chi connectivity index (χ1n) is 4.20. The predicted molar refractivity (Wildman–Crippen MR) is 56.1 cm³/mol. The number of nitrogens with two attached hydrogens (primary N) is 1. The quantitative estimate of drug-likeness (QED) is 0.787. The predicted octanol–water partition coefficient (Wildman–Crippen LogP) is 1.58. The highest BCUT2D eigenvalue weighted by atomic mass is 79.9. The fourth-order valence-corrected chi connectivity index (χ4v) is 1.79. The first kappa shape index (κ1) is 8.84. The highest BCUT2D eigenvalue weighted by molar-refractivity contribution is 9.10. The molecule has 0 spiro atoms. The molecular formula is C9H11BrN2O. The van der Waals surface area contributed by atoms with E-state index < -0.39 is 0 Å². The molecule has 4 heteroatoms. The Labute approximate surface area is 85.4 Å². The molecule has 1 heterocycles. The molecule has 13 heavy (non-hydrogen) atoms. The molecule has 1 aliphatic rings. The molecule has 1 aliphatic heterocycles. The molecule has 1 atom stereocenters. The summed E-state index contributed by atoms with van der Waals surface area (Å²) in [6.45, 7) is 1.31. The van der Waals surface area contributed by atoms with Crippen LogP contribution in [0.3, 0.4) is 0 Å². The van der Waals surface area contributed by atoms with Gasteiger partial charge in [-0.3, -0.25) is 0 Å². The minimum Gasteiger partial charge on any atom is -0.484 e. The van der Waals surface area contributed by atoms with Crippen LogP contribution in [-0.4, -0.2) is 19.2 Å². The lowest BCUT2D eigenvalue weighted by molar-refractivity contribution is 0.212. The summed E-state index contributed by atoms with van der Waals surface area (Å²) in [5.74, 6) is 0.865. The van der Waals surface area contributed by atoms with Gasteiger partial charge < -0.3 is 15.8 Å². The van der Waals surface area contributed by atoms with Crippen molar-refractivity contribution < 1.29 is 4.74 Å². The maximum absolute atomic E-state index is 5.68. The maximum Gasteiger partial charge on any atom is 0.157 e. The Morgan fingerprint density at radius 3 is 3.23 bits per heavy atom. The van der Waals surface area contributed by atoms with Gasteiger partial charge in [0.15, 0.2) is 5.75 Å². The average Bonchev–Trinajstić information content (AvgIpc) is 2.18. The van der Waals surface area contributed by atoms with Gasteiger partial charge in [0, 0.05) is 6.54 Å². The van der Waals surface area contributed by atoms with Crippen LogP contribution in [0.2, 0.25) is 0 Å². The van der Waals surface area contributed by atoms with E-state index in [2.05, 4.69) is 21.2 Å². The second-order valence-corrected chi connectivity index (χ2v) is 3.83. The van der Waals surface area contributed by atoms with Crippen molar-refractivity contribution in [3.05, 3.63) is 22.7 Å². The van der Waals surface area contributed by atoms with Crippen molar-refractivity contribution in [1.29, 1.82) is 0 Å². The summed E-state index contributed by atoms with van der Waals surface area (Å²) in [6.07, 6.45) is 0.0752. The third-order valence-electron chi connectivity index (χ3n) is 2.03. The van der Waals surface area contributed by atoms with Crippen LogP contribution in [-0.2, 0) is 0 Å². The molecule has 0 aliphatic carbocycles. The third kappa shape index (κ3) is 1.64. The lowest BCUT2D eigenvalue weighted by atomic mass is 10.2. The van der Waals surface area contributed by atoms with E-state index in [1.165, 1.54) is 0 Å². The number of hydrogen-bond donors (Lipinski definition) is 2. The van der Waals surface area contributed by atoms with Crippen molar-refractivity contribution in [2.24, 2.45) is 5.73 Å². The monoisotopic (exact) mass is 242 g/mol. The highest BCUT2D eigenvalue weighted by Gasteiger charge is 2.19. The first-order valence-corrected chi connectivity index (χ1v) is 4.99. The average molecular weight is 243 g/mol. The summed E-state index contributed by atoms with van der Waals surface area (Å²) >= 11 is 3.43. The fourth-order valence-electron chi connectivity index (χ4n) is 1.33. The van der Waals surface area contributed by atoms with Gasteiger partial charge in [0.25, 0.3) is 0 Å². The van der Waals surface area contributed by atoms with E-state index >= 15 is 0 Å². The highest BCUT2D eigenvalue weighted by Crippen LogP contribution is 2.35. The summed E-state index contributed by atoms with van der Waals surface area (Å²) in [7, 11) is 0. The van der Waals surface area contributed by atoms with E-state index in [9.17, 15) is 0 Å². The van der Waals surface area contributed by atoms with Crippen molar-refractivity contribution in [3.63, 3.8) is 0 Å². The van der Waals surface area contributed by atoms with Crippen LogP contribution in [0.15, 0.2) is 22.7 Å². The van der Waals surface area contributed by atoms with Crippen LogP contribution in [0.5, 0.6) is 5.75 Å². The van der Waals surface area contributed by atoms with Crippen LogP contribution in [0.25, 0.3) is 0 Å². The van der Waals surface area contributed by atoms with Gasteiger partial charge in [-0.15, -0.1) is 0 Å². The van der Waals surface area contributed by atoms with E-state index in [0.29, 0.717) is 6.54 Å². The zero-order chi connectivity index (χ0) is 9.26. The maximum atomic E-state index is 5.68. The van der Waals surface area contributed by atoms with Crippen molar-refractivity contribution >= 4 is 21.6 Å². The number of para-hydroxylation sites is 1. The van der Waals surface area contributed by atoms with E-state index in [-0.39, 0.29) is 6.10 Å². The summed E-state index contributed by atoms with van der Waals surface area (Å²) < 4.78 is 6.65. The smallest absolute Gasteiger partial charge is 0.157 e. The normalized spacial score (nSPS) is 20.0. The standard InChI is InChI=1S/C9H11BrN2O/c10-7-2-1-3-8-9(7)13-6(4-11)5-12-8/h1-3,6,12H,4-5,11H2. The molecule has 1 aromatic rings. The summed E-state index contributed by atoms with van der Waals surface area (Å²) in [5.41, 5.74) is 6.56. The molecule has 0 saturated heterocycles. The van der Waals surface area contributed by atoms with Crippen LogP contribution in [0.1, 0.15) is 0 Å². The Hall–Kier alpha value is -0.740. The van der Waals surface area contributed by atoms with E-state index in [1.54, 1.807) is 0 Å². The first-order chi connectivity index (χ1) is 6.31. The molecular weight excluding hydrogens is 232 g/mol. The largest absolute Gasteiger partial charge is 0.484 e. The van der Waals surface area contributed by atoms with Crippen LogP contribution < -0.4 is 15.8 Å². The van der Waals surface area contributed by atoms with Gasteiger partial charge in [0.05, 0.1) is 16.7 Å². The third-order valence-corrected chi connectivity index (χ3v) is 2.66. The lowest BCUT2D eigenvalue weighted by Crippen LogP contribution is -2.37. The molecule has 3 nitrogen and oxygen atoms in total. The van der Waals surface area contributed by atoms with Crippen molar-refractivity contribution in [2.75, 3.05) is 18.4 Å². The molecule has 70 valence electrons. The Balaban J connectivity index is 2.32. The number of ether oxygens (including phenoxy) is 1. The van der Waals surface area contributed by atoms with Crippen molar-refractivity contribution in [2.45, 2.75) is 6.10 Å². The SMILES string of the molecule is NCC1CNc2cccc(Br)c2O1. The minimum absolute atomic E-state index is 0.0752. The zero-order valence-corrected chi connectivity index (χ0v) is 8.67. The Morgan fingerprint density at radius 2 is 2.46 bits per heavy atom. The molecule has 0 amide bonds. The molecule has 0 aromatic heterocycles. The molecule has 1 unspecified atom stereocenters. The molecule has 3 N–H and O–H groups in total. The number of hydrogen-bond acceptors (Lipinski definition) is 3. The van der Waals surface area contributed by atoms with Gasteiger partial charge in [-0.1, -0.05) is 6.07 Å². The molecule has 0 fully saturated rings. The summed E-state index contributed by atoms with van der Waals surface area (Å²) in [6, 6.07) is 5.92. The molecule has 0 bridgehead atoms. The van der Waals surface area contributed by atoms with Gasteiger partial charge in [0.1, 0.15) is 6.10 Å². The number of fused-ring (bicyclic) bond motifs is 1. The Bertz CT molecular complexity index is 316. The van der Waals surface area contributed by atoms with Gasteiger partial charge in [0.2, 0.25) is 0 Å². The number of anilines is 1. The Morgan fingerprint density at radius 1 is 1.62 bits per heavy atom. The van der Waals surface area contributed by atoms with E-state index in [1.807, 2.05) is 18.2 Å². The zero-order valence-electron chi connectivity index (χ0n) is 7.09. The summed E-state index contributed by atoms with van der Waals surface area (Å²) in [4.78, 5) is 0. The molecule has 0 saturated carbocycles. The number of nitrogens with one attached hydrogen (secondary N) is 1. The number of halogens is 1. The van der Waals surface area contributed by atoms with Crippen LogP contribution in [0.4, 0.5) is 5.69 Å². The van der Waals surface area contributed by atoms with Gasteiger partial charge in [-0.25, -0.2) is 0 Å². The van der Waals surface area contributed by atoms with E-state index in [0.717, 1.165) is 22.5 Å². The van der Waals surface area contributed by atoms with E-state index in [4.69, 9.17) is 10.5 Å². The Kier molecular flexibility index (Phi) is 2.42. The van der Waals surface area contributed by atoms with Crippen molar-refractivity contribution in [1.82, 2.24) is 0 Å². The molecule has 2 rings (SSSR count). The fraction of sp³-hybridized carbons (Fsp3) is 0.333. The minimum atomic E-state index is 0.0752. The number of rotatable bonds is 1.